The normalized spacial score (nSPS) is 10.4. The highest BCUT2D eigenvalue weighted by Gasteiger charge is 2.21. The van der Waals surface area contributed by atoms with Gasteiger partial charge in [-0.15, -0.1) is 11.3 Å². The van der Waals surface area contributed by atoms with Gasteiger partial charge in [-0.1, -0.05) is 53.5 Å². The molecule has 0 fully saturated rings. The molecule has 1 heterocycles. The number of carboxylic acids is 1. The van der Waals surface area contributed by atoms with E-state index in [9.17, 15) is 14.7 Å². The molecule has 0 unspecified atom stereocenters. The Morgan fingerprint density at radius 1 is 1.07 bits per heavy atom. The van der Waals surface area contributed by atoms with Gasteiger partial charge in [0.25, 0.3) is 0 Å². The first-order chi connectivity index (χ1) is 13.0. The van der Waals surface area contributed by atoms with Gasteiger partial charge in [0.2, 0.25) is 0 Å². The molecule has 3 rings (SSSR count). The zero-order valence-electron chi connectivity index (χ0n) is 13.7. The number of nitrogens with one attached hydrogen (secondary N) is 1. The number of rotatable bonds is 5. The van der Waals surface area contributed by atoms with E-state index in [4.69, 9.17) is 27.9 Å². The molecule has 0 saturated heterocycles. The van der Waals surface area contributed by atoms with E-state index in [0.717, 1.165) is 11.3 Å². The van der Waals surface area contributed by atoms with Gasteiger partial charge in [0.05, 0.1) is 0 Å². The minimum Gasteiger partial charge on any atom is -0.478 e. The van der Waals surface area contributed by atoms with Crippen LogP contribution >= 0.6 is 34.5 Å². The summed E-state index contributed by atoms with van der Waals surface area (Å²) in [4.78, 5) is 23.8. The van der Waals surface area contributed by atoms with E-state index in [2.05, 4.69) is 5.32 Å². The van der Waals surface area contributed by atoms with Gasteiger partial charge in [0.1, 0.15) is 17.2 Å². The number of hydrogen-bond donors (Lipinski definition) is 2. The van der Waals surface area contributed by atoms with Crippen LogP contribution < -0.4 is 5.32 Å². The summed E-state index contributed by atoms with van der Waals surface area (Å²) in [7, 11) is 0. The number of halogens is 2. The van der Waals surface area contributed by atoms with Crippen LogP contribution in [0.4, 0.5) is 9.80 Å². The number of ether oxygens (including phenoxy) is 1. The lowest BCUT2D eigenvalue weighted by Crippen LogP contribution is -2.15. The summed E-state index contributed by atoms with van der Waals surface area (Å²) in [5, 5.41) is 15.0. The molecule has 0 bridgehead atoms. The Balaban J connectivity index is 1.76. The van der Waals surface area contributed by atoms with Gasteiger partial charge < -0.3 is 9.84 Å². The molecule has 0 aliphatic carbocycles. The summed E-state index contributed by atoms with van der Waals surface area (Å²) in [5.74, 6) is -1.15. The fourth-order valence-electron chi connectivity index (χ4n) is 2.39. The van der Waals surface area contributed by atoms with Crippen LogP contribution in [-0.2, 0) is 11.3 Å². The molecule has 1 amide bonds. The van der Waals surface area contributed by atoms with Gasteiger partial charge in [-0.05, 0) is 23.8 Å². The Morgan fingerprint density at radius 3 is 2.44 bits per heavy atom. The summed E-state index contributed by atoms with van der Waals surface area (Å²) in [6.45, 7) is -0.0245. The monoisotopic (exact) mass is 421 g/mol. The van der Waals surface area contributed by atoms with Crippen molar-refractivity contribution in [2.45, 2.75) is 6.61 Å². The van der Waals surface area contributed by atoms with Crippen molar-refractivity contribution in [2.75, 3.05) is 5.32 Å². The highest BCUT2D eigenvalue weighted by molar-refractivity contribution is 7.15. The predicted octanol–water partition coefficient (Wildman–Crippen LogP) is 6.17. The zero-order chi connectivity index (χ0) is 19.4. The Morgan fingerprint density at radius 2 is 1.78 bits per heavy atom. The molecule has 8 heteroatoms. The Hall–Kier alpha value is -2.54. The molecule has 0 spiro atoms. The molecule has 3 aromatic rings. The van der Waals surface area contributed by atoms with Gasteiger partial charge in [-0.2, -0.15) is 0 Å². The number of hydrogen-bond acceptors (Lipinski definition) is 4. The Labute approximate surface area is 169 Å². The van der Waals surface area contributed by atoms with Crippen molar-refractivity contribution in [3.05, 3.63) is 75.1 Å². The number of carboxylic acid groups (broad SMARTS) is 1. The lowest BCUT2D eigenvalue weighted by atomic mass is 10.0. The summed E-state index contributed by atoms with van der Waals surface area (Å²) in [6, 6.07) is 13.8. The maximum absolute atomic E-state index is 12.1. The SMILES string of the molecule is O=C(Nc1scc(-c2ccc(Cl)cc2)c1C(=O)O)OCc1ccccc1Cl. The third kappa shape index (κ3) is 4.60. The van der Waals surface area contributed by atoms with Crippen LogP contribution in [-0.4, -0.2) is 17.2 Å². The second-order valence-corrected chi connectivity index (χ2v) is 7.18. The molecular formula is C19H13Cl2NO4S. The Kier molecular flexibility index (Phi) is 6.01. The van der Waals surface area contributed by atoms with Crippen LogP contribution in [0.3, 0.4) is 0 Å². The molecule has 27 heavy (non-hydrogen) atoms. The minimum absolute atomic E-state index is 0.00276. The van der Waals surface area contributed by atoms with Gasteiger partial charge in [0.15, 0.2) is 0 Å². The minimum atomic E-state index is -1.15. The maximum Gasteiger partial charge on any atom is 0.412 e. The molecule has 0 saturated carbocycles. The molecule has 138 valence electrons. The quantitative estimate of drug-likeness (QED) is 0.516. The maximum atomic E-state index is 12.1. The summed E-state index contributed by atoms with van der Waals surface area (Å²) in [5.41, 5.74) is 1.83. The lowest BCUT2D eigenvalue weighted by molar-refractivity contribution is 0.0699. The van der Waals surface area contributed by atoms with Crippen molar-refractivity contribution in [3.63, 3.8) is 0 Å². The molecule has 0 radical (unpaired) electrons. The molecule has 0 aliphatic heterocycles. The van der Waals surface area contributed by atoms with Crippen LogP contribution in [0, 0.1) is 0 Å². The van der Waals surface area contributed by atoms with Gasteiger partial charge in [-0.3, -0.25) is 5.32 Å². The first-order valence-corrected chi connectivity index (χ1v) is 9.37. The van der Waals surface area contributed by atoms with Gasteiger partial charge in [0, 0.05) is 26.6 Å². The topological polar surface area (TPSA) is 75.6 Å². The number of amides is 1. The number of aromatic carboxylic acids is 1. The van der Waals surface area contributed by atoms with Crippen LogP contribution in [0.5, 0.6) is 0 Å². The fraction of sp³-hybridized carbons (Fsp3) is 0.0526. The molecule has 2 aromatic carbocycles. The molecular weight excluding hydrogens is 409 g/mol. The average Bonchev–Trinajstić information content (AvgIpc) is 3.05. The standard InChI is InChI=1S/C19H13Cl2NO4S/c20-13-7-5-11(6-8-13)14-10-27-17(16(14)18(23)24)22-19(25)26-9-12-3-1-2-4-15(12)21/h1-8,10H,9H2,(H,22,25)(H,23,24). The van der Waals surface area contributed by atoms with Crippen molar-refractivity contribution >= 4 is 51.6 Å². The summed E-state index contributed by atoms with van der Waals surface area (Å²) < 4.78 is 5.14. The third-order valence-corrected chi connectivity index (χ3v) is 5.21. The second kappa shape index (κ2) is 8.43. The number of carbonyl (C=O) groups excluding carboxylic acids is 1. The fourth-order valence-corrected chi connectivity index (χ4v) is 3.65. The van der Waals surface area contributed by atoms with E-state index >= 15 is 0 Å². The number of carbonyl (C=O) groups is 2. The third-order valence-electron chi connectivity index (χ3n) is 3.69. The molecule has 1 aromatic heterocycles. The van der Waals surface area contributed by atoms with Crippen molar-refractivity contribution in [3.8, 4) is 11.1 Å². The van der Waals surface area contributed by atoms with Crippen LogP contribution in [0.15, 0.2) is 53.9 Å². The van der Waals surface area contributed by atoms with E-state index in [1.807, 2.05) is 0 Å². The Bertz CT molecular complexity index is 986. The molecule has 5 nitrogen and oxygen atoms in total. The highest BCUT2D eigenvalue weighted by Crippen LogP contribution is 2.36. The smallest absolute Gasteiger partial charge is 0.412 e. The highest BCUT2D eigenvalue weighted by atomic mass is 35.5. The van der Waals surface area contributed by atoms with E-state index in [1.54, 1.807) is 53.9 Å². The predicted molar refractivity (Wildman–Crippen MR) is 107 cm³/mol. The first-order valence-electron chi connectivity index (χ1n) is 7.73. The lowest BCUT2D eigenvalue weighted by Gasteiger charge is -2.08. The summed E-state index contributed by atoms with van der Waals surface area (Å²) in [6.07, 6.45) is -0.762. The summed E-state index contributed by atoms with van der Waals surface area (Å²) >= 11 is 13.0. The molecule has 2 N–H and O–H groups in total. The van der Waals surface area contributed by atoms with Crippen molar-refractivity contribution in [1.29, 1.82) is 0 Å². The van der Waals surface area contributed by atoms with Crippen LogP contribution in [0.1, 0.15) is 15.9 Å². The van der Waals surface area contributed by atoms with Gasteiger partial charge >= 0.3 is 12.1 Å². The number of thiophene rings is 1. The van der Waals surface area contributed by atoms with Crippen molar-refractivity contribution in [2.24, 2.45) is 0 Å². The zero-order valence-corrected chi connectivity index (χ0v) is 16.1. The first kappa shape index (κ1) is 19.2. The largest absolute Gasteiger partial charge is 0.478 e. The van der Waals surface area contributed by atoms with Crippen molar-refractivity contribution in [1.82, 2.24) is 0 Å². The molecule has 0 aliphatic rings. The van der Waals surface area contributed by atoms with Crippen LogP contribution in [0.2, 0.25) is 10.0 Å². The second-order valence-electron chi connectivity index (χ2n) is 5.46. The van der Waals surface area contributed by atoms with E-state index in [0.29, 0.717) is 26.7 Å². The van der Waals surface area contributed by atoms with Crippen LogP contribution in [0.25, 0.3) is 11.1 Å². The van der Waals surface area contributed by atoms with E-state index in [1.165, 1.54) is 0 Å². The van der Waals surface area contributed by atoms with Crippen molar-refractivity contribution < 1.29 is 19.4 Å². The van der Waals surface area contributed by atoms with E-state index < -0.39 is 12.1 Å². The number of benzene rings is 2. The average molecular weight is 422 g/mol. The van der Waals surface area contributed by atoms with Gasteiger partial charge in [-0.25, -0.2) is 9.59 Å². The number of anilines is 1. The molecule has 0 atom stereocenters. The van der Waals surface area contributed by atoms with E-state index in [-0.39, 0.29) is 17.2 Å².